The summed E-state index contributed by atoms with van der Waals surface area (Å²) < 4.78 is 0. The summed E-state index contributed by atoms with van der Waals surface area (Å²) >= 11 is 5.89. The number of hydrogen-bond acceptors (Lipinski definition) is 0. The molecule has 0 spiro atoms. The largest absolute Gasteiger partial charge is 0.127 e. The molecule has 0 N–H and O–H groups in total. The number of unbranched alkanes of at least 4 members (excludes halogenated alkanes) is 2. The quantitative estimate of drug-likeness (QED) is 0.324. The second kappa shape index (κ2) is 12.6. The van der Waals surface area contributed by atoms with E-state index in [0.29, 0.717) is 0 Å². The summed E-state index contributed by atoms with van der Waals surface area (Å²) in [4.78, 5) is 0. The van der Waals surface area contributed by atoms with Crippen LogP contribution in [0.25, 0.3) is 0 Å². The van der Waals surface area contributed by atoms with E-state index in [2.05, 4.69) is 0 Å². The van der Waals surface area contributed by atoms with Gasteiger partial charge in [0.1, 0.15) is 0 Å². The molecule has 0 heterocycles. The number of alkyl halides is 1. The van der Waals surface area contributed by atoms with Gasteiger partial charge in [-0.05, 0) is 30.6 Å². The first-order chi connectivity index (χ1) is 11.4. The highest BCUT2D eigenvalue weighted by atomic mass is 35.5. The van der Waals surface area contributed by atoms with Crippen LogP contribution in [-0.4, -0.2) is 5.88 Å². The predicted molar refractivity (Wildman–Crippen MR) is 104 cm³/mol. The van der Waals surface area contributed by atoms with E-state index in [1.54, 1.807) is 0 Å². The molecule has 0 saturated heterocycles. The molecule has 0 aliphatic heterocycles. The average molecular weight is 341 g/mol. The maximum Gasteiger partial charge on any atom is 0.0223 e. The van der Waals surface area contributed by atoms with Crippen LogP contribution in [0.5, 0.6) is 0 Å². The Hall–Kier alpha value is 0.290. The van der Waals surface area contributed by atoms with E-state index in [4.69, 9.17) is 11.6 Å². The molecule has 2 fully saturated rings. The minimum Gasteiger partial charge on any atom is -0.127 e. The molecule has 0 aromatic heterocycles. The van der Waals surface area contributed by atoms with Crippen LogP contribution < -0.4 is 0 Å². The molecular formula is C22H41Cl. The Kier molecular flexibility index (Phi) is 10.8. The van der Waals surface area contributed by atoms with Crippen molar-refractivity contribution in [3.05, 3.63) is 0 Å². The molecule has 2 rings (SSSR count). The van der Waals surface area contributed by atoms with Crippen LogP contribution in [0.3, 0.4) is 0 Å². The first-order valence-corrected chi connectivity index (χ1v) is 11.5. The molecule has 2 saturated carbocycles. The van der Waals surface area contributed by atoms with Gasteiger partial charge in [-0.2, -0.15) is 0 Å². The highest BCUT2D eigenvalue weighted by Crippen LogP contribution is 2.40. The van der Waals surface area contributed by atoms with Crippen molar-refractivity contribution in [2.75, 3.05) is 5.88 Å². The SMILES string of the molecule is ClCCCCCC(C1CCCCCCC1)C1CCCCCCC1. The summed E-state index contributed by atoms with van der Waals surface area (Å²) in [7, 11) is 0. The zero-order valence-electron chi connectivity index (χ0n) is 15.5. The average Bonchev–Trinajstić information content (AvgIpc) is 2.49. The predicted octanol–water partition coefficient (Wildman–Crippen LogP) is 8.12. The third kappa shape index (κ3) is 7.80. The fourth-order valence-corrected chi connectivity index (χ4v) is 5.53. The second-order valence-electron chi connectivity index (χ2n) is 8.41. The van der Waals surface area contributed by atoms with Crippen molar-refractivity contribution >= 4 is 11.6 Å². The third-order valence-corrected chi connectivity index (χ3v) is 6.95. The zero-order chi connectivity index (χ0) is 16.2. The van der Waals surface area contributed by atoms with Crippen LogP contribution in [0, 0.1) is 17.8 Å². The van der Waals surface area contributed by atoms with Gasteiger partial charge in [0.15, 0.2) is 0 Å². The normalized spacial score (nSPS) is 23.2. The Morgan fingerprint density at radius 3 is 1.43 bits per heavy atom. The molecule has 0 bridgehead atoms. The van der Waals surface area contributed by atoms with Crippen LogP contribution in [0.4, 0.5) is 0 Å². The molecule has 23 heavy (non-hydrogen) atoms. The lowest BCUT2D eigenvalue weighted by molar-refractivity contribution is 0.148. The van der Waals surface area contributed by atoms with Crippen molar-refractivity contribution < 1.29 is 0 Å². The summed E-state index contributed by atoms with van der Waals surface area (Å²) in [6.45, 7) is 0. The van der Waals surface area contributed by atoms with Crippen LogP contribution in [-0.2, 0) is 0 Å². The number of halogens is 1. The van der Waals surface area contributed by atoms with Crippen molar-refractivity contribution in [3.63, 3.8) is 0 Å². The Morgan fingerprint density at radius 1 is 0.565 bits per heavy atom. The topological polar surface area (TPSA) is 0 Å². The minimum absolute atomic E-state index is 0.859. The van der Waals surface area contributed by atoms with Crippen molar-refractivity contribution in [2.45, 2.75) is 116 Å². The monoisotopic (exact) mass is 340 g/mol. The van der Waals surface area contributed by atoms with Crippen molar-refractivity contribution in [3.8, 4) is 0 Å². The van der Waals surface area contributed by atoms with Gasteiger partial charge in [-0.25, -0.2) is 0 Å². The van der Waals surface area contributed by atoms with Gasteiger partial charge in [0.05, 0.1) is 0 Å². The van der Waals surface area contributed by atoms with Crippen molar-refractivity contribution in [1.29, 1.82) is 0 Å². The molecule has 0 aromatic rings. The molecule has 0 nitrogen and oxygen atoms in total. The molecule has 2 aliphatic rings. The highest BCUT2D eigenvalue weighted by Gasteiger charge is 2.29. The van der Waals surface area contributed by atoms with Gasteiger partial charge in [-0.3, -0.25) is 0 Å². The number of rotatable bonds is 7. The molecule has 0 unspecified atom stereocenters. The summed E-state index contributed by atoms with van der Waals surface area (Å²) in [6, 6.07) is 0. The number of hydrogen-bond donors (Lipinski definition) is 0. The highest BCUT2D eigenvalue weighted by molar-refractivity contribution is 6.17. The van der Waals surface area contributed by atoms with E-state index in [-0.39, 0.29) is 0 Å². The maximum absolute atomic E-state index is 5.89. The first-order valence-electron chi connectivity index (χ1n) is 11.0. The van der Waals surface area contributed by atoms with E-state index in [1.165, 1.54) is 116 Å². The van der Waals surface area contributed by atoms with Gasteiger partial charge in [0, 0.05) is 5.88 Å². The van der Waals surface area contributed by atoms with Crippen LogP contribution >= 0.6 is 11.6 Å². The molecular weight excluding hydrogens is 300 g/mol. The van der Waals surface area contributed by atoms with Crippen molar-refractivity contribution in [1.82, 2.24) is 0 Å². The smallest absolute Gasteiger partial charge is 0.0223 e. The van der Waals surface area contributed by atoms with Gasteiger partial charge in [-0.1, -0.05) is 103 Å². The summed E-state index contributed by atoms with van der Waals surface area (Å²) in [5.41, 5.74) is 0. The van der Waals surface area contributed by atoms with Gasteiger partial charge >= 0.3 is 0 Å². The van der Waals surface area contributed by atoms with E-state index < -0.39 is 0 Å². The van der Waals surface area contributed by atoms with Gasteiger partial charge in [-0.15, -0.1) is 11.6 Å². The van der Waals surface area contributed by atoms with Gasteiger partial charge in [0.2, 0.25) is 0 Å². The Morgan fingerprint density at radius 2 is 1.00 bits per heavy atom. The van der Waals surface area contributed by atoms with Gasteiger partial charge < -0.3 is 0 Å². The molecule has 2 aliphatic carbocycles. The Balaban J connectivity index is 1.92. The molecule has 0 radical (unpaired) electrons. The Bertz CT molecular complexity index is 237. The Labute approximate surface area is 151 Å². The van der Waals surface area contributed by atoms with E-state index in [9.17, 15) is 0 Å². The summed E-state index contributed by atoms with van der Waals surface area (Å²) in [5, 5.41) is 0. The minimum atomic E-state index is 0.859. The molecule has 0 aromatic carbocycles. The van der Waals surface area contributed by atoms with E-state index in [0.717, 1.165) is 23.6 Å². The molecule has 0 atom stereocenters. The summed E-state index contributed by atoms with van der Waals surface area (Å²) in [5.74, 6) is 4.00. The van der Waals surface area contributed by atoms with Crippen molar-refractivity contribution in [2.24, 2.45) is 17.8 Å². The maximum atomic E-state index is 5.89. The first kappa shape index (κ1) is 19.6. The second-order valence-corrected chi connectivity index (χ2v) is 8.79. The fraction of sp³-hybridized carbons (Fsp3) is 1.00. The standard InChI is InChI=1S/C22H41Cl/c23-19-13-7-12-18-22(20-14-8-3-1-4-9-15-20)21-16-10-5-2-6-11-17-21/h20-22H,1-19H2. The lowest BCUT2D eigenvalue weighted by Gasteiger charge is -2.36. The van der Waals surface area contributed by atoms with Gasteiger partial charge in [0.25, 0.3) is 0 Å². The fourth-order valence-electron chi connectivity index (χ4n) is 5.34. The summed E-state index contributed by atoms with van der Waals surface area (Å²) in [6.07, 6.45) is 26.7. The van der Waals surface area contributed by atoms with E-state index in [1.807, 2.05) is 0 Å². The van der Waals surface area contributed by atoms with Crippen LogP contribution in [0.2, 0.25) is 0 Å². The molecule has 1 heteroatoms. The zero-order valence-corrected chi connectivity index (χ0v) is 16.3. The lowest BCUT2D eigenvalue weighted by atomic mass is 9.69. The molecule has 0 amide bonds. The van der Waals surface area contributed by atoms with Crippen LogP contribution in [0.1, 0.15) is 116 Å². The molecule has 136 valence electrons. The lowest BCUT2D eigenvalue weighted by Crippen LogP contribution is -2.25. The van der Waals surface area contributed by atoms with Crippen LogP contribution in [0.15, 0.2) is 0 Å². The third-order valence-electron chi connectivity index (χ3n) is 6.68. The van der Waals surface area contributed by atoms with E-state index >= 15 is 0 Å².